The molecular formula is C34H33NO4. The zero-order chi connectivity index (χ0) is 27.2. The van der Waals surface area contributed by atoms with Crippen molar-refractivity contribution in [3.8, 4) is 11.5 Å². The molecule has 0 radical (unpaired) electrons. The Morgan fingerprint density at radius 2 is 1.77 bits per heavy atom. The molecule has 0 bridgehead atoms. The van der Waals surface area contributed by atoms with Crippen LogP contribution in [0.25, 0.3) is 0 Å². The number of anilines is 1. The molecule has 0 saturated heterocycles. The molecule has 2 heterocycles. The predicted octanol–water partition coefficient (Wildman–Crippen LogP) is 6.26. The van der Waals surface area contributed by atoms with Gasteiger partial charge in [-0.1, -0.05) is 92.8 Å². The monoisotopic (exact) mass is 519 g/mol. The van der Waals surface area contributed by atoms with Gasteiger partial charge in [0.1, 0.15) is 16.9 Å². The second-order valence-electron chi connectivity index (χ2n) is 10.9. The van der Waals surface area contributed by atoms with Crippen molar-refractivity contribution >= 4 is 11.6 Å². The van der Waals surface area contributed by atoms with Crippen LogP contribution in [0.15, 0.2) is 103 Å². The van der Waals surface area contributed by atoms with Crippen LogP contribution < -0.4 is 9.64 Å². The highest BCUT2D eigenvalue weighted by atomic mass is 16.5. The van der Waals surface area contributed by atoms with E-state index in [1.165, 1.54) is 0 Å². The van der Waals surface area contributed by atoms with Gasteiger partial charge in [-0.15, -0.1) is 0 Å². The maximum Gasteiger partial charge on any atom is 0.245 e. The van der Waals surface area contributed by atoms with E-state index in [9.17, 15) is 15.0 Å². The fourth-order valence-corrected chi connectivity index (χ4v) is 6.24. The summed E-state index contributed by atoms with van der Waals surface area (Å²) in [5, 5.41) is 22.5. The van der Waals surface area contributed by atoms with Crippen molar-refractivity contribution in [1.29, 1.82) is 0 Å². The third kappa shape index (κ3) is 3.75. The number of hydrogen-bond donors (Lipinski definition) is 2. The van der Waals surface area contributed by atoms with Crippen molar-refractivity contribution in [2.45, 2.75) is 43.6 Å². The Morgan fingerprint density at radius 3 is 2.54 bits per heavy atom. The lowest BCUT2D eigenvalue weighted by Gasteiger charge is -2.33. The quantitative estimate of drug-likeness (QED) is 0.403. The fourth-order valence-electron chi connectivity index (χ4n) is 6.24. The summed E-state index contributed by atoms with van der Waals surface area (Å²) in [4.78, 5) is 16.7. The summed E-state index contributed by atoms with van der Waals surface area (Å²) in [6.07, 6.45) is 12.0. The number of nitrogens with zero attached hydrogens (tertiary/aromatic N) is 1. The summed E-state index contributed by atoms with van der Waals surface area (Å²) in [5.74, 6) is 0.308. The highest BCUT2D eigenvalue weighted by Gasteiger charge is 2.55. The number of allylic oxidation sites excluding steroid dienone is 4. The van der Waals surface area contributed by atoms with E-state index in [1.54, 1.807) is 11.0 Å². The van der Waals surface area contributed by atoms with Gasteiger partial charge < -0.3 is 14.9 Å². The van der Waals surface area contributed by atoms with Crippen LogP contribution in [0.5, 0.6) is 11.5 Å². The molecule has 198 valence electrons. The van der Waals surface area contributed by atoms with E-state index in [2.05, 4.69) is 32.1 Å². The van der Waals surface area contributed by atoms with Crippen LogP contribution in [0.4, 0.5) is 5.69 Å². The highest BCUT2D eigenvalue weighted by Crippen LogP contribution is 2.54. The van der Waals surface area contributed by atoms with Crippen molar-refractivity contribution in [2.24, 2.45) is 0 Å². The second kappa shape index (κ2) is 9.58. The van der Waals surface area contributed by atoms with Gasteiger partial charge in [0.25, 0.3) is 0 Å². The minimum absolute atomic E-state index is 0.0547. The molecular weight excluding hydrogens is 486 g/mol. The molecule has 3 aliphatic rings. The normalized spacial score (nSPS) is 24.1. The van der Waals surface area contributed by atoms with E-state index < -0.39 is 18.1 Å². The summed E-state index contributed by atoms with van der Waals surface area (Å²) in [7, 11) is 0. The number of aliphatic hydroxyl groups excluding tert-OH is 1. The van der Waals surface area contributed by atoms with E-state index >= 15 is 0 Å². The summed E-state index contributed by atoms with van der Waals surface area (Å²) in [5.41, 5.74) is 2.98. The molecule has 39 heavy (non-hydrogen) atoms. The molecule has 0 spiro atoms. The first-order valence-corrected chi connectivity index (χ1v) is 13.6. The summed E-state index contributed by atoms with van der Waals surface area (Å²) >= 11 is 0. The Morgan fingerprint density at radius 1 is 1.00 bits per heavy atom. The lowest BCUT2D eigenvalue weighted by atomic mass is 9.72. The van der Waals surface area contributed by atoms with Crippen LogP contribution in [0.1, 0.15) is 55.0 Å². The Balaban J connectivity index is 1.59. The van der Waals surface area contributed by atoms with Crippen LogP contribution in [-0.4, -0.2) is 29.3 Å². The number of ether oxygens (including phenoxy) is 1. The number of aliphatic hydroxyl groups is 1. The molecule has 0 fully saturated rings. The molecule has 2 N–H and O–H groups in total. The first-order valence-electron chi connectivity index (χ1n) is 13.6. The largest absolute Gasteiger partial charge is 0.507 e. The molecule has 2 aliphatic heterocycles. The Kier molecular flexibility index (Phi) is 6.19. The summed E-state index contributed by atoms with van der Waals surface area (Å²) in [6, 6.07) is 20.7. The summed E-state index contributed by atoms with van der Waals surface area (Å²) < 4.78 is 5.94. The molecule has 0 aromatic heterocycles. The number of carbonyl (C=O) groups excluding carboxylic acids is 1. The first-order chi connectivity index (χ1) is 18.9. The maximum absolute atomic E-state index is 14.9. The standard InChI is InChI=1S/C34H33NO4/c1-3-33(2)22-39-30-20-29(37)26(19-27(30)33)34(21-36)25-17-11-12-18-28(25)35(32(34)38)31(24-15-9-6-10-16-24)23-13-7-4-5-8-14-23/h4,6-20,31,36-37H,3,5,21-22H2,1-2H3. The van der Waals surface area contributed by atoms with Crippen LogP contribution in [0.3, 0.4) is 0 Å². The first kappa shape index (κ1) is 25.2. The fraction of sp³-hybridized carbons (Fsp3) is 0.265. The van der Waals surface area contributed by atoms with Crippen molar-refractivity contribution in [3.63, 3.8) is 0 Å². The van der Waals surface area contributed by atoms with Gasteiger partial charge in [-0.25, -0.2) is 0 Å². The maximum atomic E-state index is 14.9. The van der Waals surface area contributed by atoms with Crippen molar-refractivity contribution in [3.05, 3.63) is 125 Å². The second-order valence-corrected chi connectivity index (χ2v) is 10.9. The van der Waals surface area contributed by atoms with Gasteiger partial charge in [-0.05, 0) is 41.7 Å². The molecule has 5 nitrogen and oxygen atoms in total. The smallest absolute Gasteiger partial charge is 0.245 e. The van der Waals surface area contributed by atoms with Crippen LogP contribution in [0, 0.1) is 0 Å². The van der Waals surface area contributed by atoms with Crippen molar-refractivity contribution in [1.82, 2.24) is 0 Å². The third-order valence-corrected chi connectivity index (χ3v) is 8.68. The highest BCUT2D eigenvalue weighted by molar-refractivity contribution is 6.12. The molecule has 3 aromatic rings. The minimum Gasteiger partial charge on any atom is -0.507 e. The molecule has 1 aliphatic carbocycles. The lowest BCUT2D eigenvalue weighted by molar-refractivity contribution is -0.123. The van der Waals surface area contributed by atoms with E-state index in [4.69, 9.17) is 4.74 Å². The lowest BCUT2D eigenvalue weighted by Crippen LogP contribution is -2.45. The topological polar surface area (TPSA) is 70.0 Å². The zero-order valence-electron chi connectivity index (χ0n) is 22.3. The average molecular weight is 520 g/mol. The summed E-state index contributed by atoms with van der Waals surface area (Å²) in [6.45, 7) is 4.27. The number of phenolic OH excluding ortho intramolecular Hbond substituents is 1. The predicted molar refractivity (Wildman–Crippen MR) is 153 cm³/mol. The molecule has 5 heteroatoms. The van der Waals surface area contributed by atoms with E-state index in [0.717, 1.165) is 35.2 Å². The van der Waals surface area contributed by atoms with Gasteiger partial charge in [-0.2, -0.15) is 0 Å². The number of benzene rings is 3. The van der Waals surface area contributed by atoms with Gasteiger partial charge in [0.15, 0.2) is 0 Å². The Hall–Kier alpha value is -4.09. The number of para-hydroxylation sites is 1. The van der Waals surface area contributed by atoms with E-state index in [0.29, 0.717) is 23.5 Å². The Bertz CT molecular complexity index is 1520. The third-order valence-electron chi connectivity index (χ3n) is 8.68. The number of rotatable bonds is 6. The van der Waals surface area contributed by atoms with Crippen LogP contribution in [0.2, 0.25) is 0 Å². The van der Waals surface area contributed by atoms with Gasteiger partial charge in [0, 0.05) is 28.3 Å². The molecule has 0 saturated carbocycles. The zero-order valence-corrected chi connectivity index (χ0v) is 22.3. The van der Waals surface area contributed by atoms with Gasteiger partial charge in [0.05, 0.1) is 19.3 Å². The number of amides is 1. The van der Waals surface area contributed by atoms with Crippen LogP contribution >= 0.6 is 0 Å². The SMILES string of the molecule is CCC1(C)COc2cc(O)c(C3(CO)C(=O)N(C(C4=CC=CCC=C4)c4ccccc4)c4ccccc43)cc21. The minimum atomic E-state index is -1.47. The van der Waals surface area contributed by atoms with Gasteiger partial charge in [0.2, 0.25) is 5.91 Å². The van der Waals surface area contributed by atoms with Crippen molar-refractivity contribution in [2.75, 3.05) is 18.1 Å². The Labute approximate surface area is 229 Å². The van der Waals surface area contributed by atoms with E-state index in [-0.39, 0.29) is 17.1 Å². The average Bonchev–Trinajstić information content (AvgIpc) is 3.24. The number of phenols is 1. The molecule has 3 aromatic carbocycles. The molecule has 6 rings (SSSR count). The van der Waals surface area contributed by atoms with Gasteiger partial charge >= 0.3 is 0 Å². The van der Waals surface area contributed by atoms with Crippen molar-refractivity contribution < 1.29 is 19.7 Å². The number of hydrogen-bond acceptors (Lipinski definition) is 4. The number of carbonyl (C=O) groups is 1. The molecule has 1 amide bonds. The number of aromatic hydroxyl groups is 1. The molecule has 3 unspecified atom stereocenters. The van der Waals surface area contributed by atoms with Gasteiger partial charge in [-0.3, -0.25) is 9.69 Å². The number of fused-ring (bicyclic) bond motifs is 2. The van der Waals surface area contributed by atoms with E-state index in [1.807, 2.05) is 72.8 Å². The van der Waals surface area contributed by atoms with Crippen LogP contribution in [-0.2, 0) is 15.6 Å². The molecule has 3 atom stereocenters.